The zero-order valence-corrected chi connectivity index (χ0v) is 11.0. The first-order valence-corrected chi connectivity index (χ1v) is 6.32. The molecule has 0 spiro atoms. The molecule has 0 fully saturated rings. The van der Waals surface area contributed by atoms with Gasteiger partial charge in [0.1, 0.15) is 0 Å². The Balaban J connectivity index is 2.50. The molecule has 1 N–H and O–H groups in total. The SMILES string of the molecule is Cc1ccc(C)c2c(C(=O)O)c3c(nc12)CCOC3. The fourth-order valence-electron chi connectivity index (χ4n) is 2.69. The fraction of sp³-hybridized carbons (Fsp3) is 0.333. The molecule has 1 aliphatic heterocycles. The first-order valence-electron chi connectivity index (χ1n) is 6.32. The molecule has 2 aromatic rings. The molecule has 0 unspecified atom stereocenters. The van der Waals surface area contributed by atoms with Gasteiger partial charge in [0, 0.05) is 23.1 Å². The van der Waals surface area contributed by atoms with Crippen molar-refractivity contribution in [1.29, 1.82) is 0 Å². The monoisotopic (exact) mass is 257 g/mol. The van der Waals surface area contributed by atoms with E-state index in [9.17, 15) is 9.90 Å². The minimum absolute atomic E-state index is 0.341. The fourth-order valence-corrected chi connectivity index (χ4v) is 2.69. The smallest absolute Gasteiger partial charge is 0.336 e. The number of nitrogens with zero attached hydrogens (tertiary/aromatic N) is 1. The Morgan fingerprint density at radius 1 is 1.32 bits per heavy atom. The number of hydrogen-bond donors (Lipinski definition) is 1. The summed E-state index contributed by atoms with van der Waals surface area (Å²) in [6, 6.07) is 3.93. The second kappa shape index (κ2) is 4.31. The van der Waals surface area contributed by atoms with Crippen molar-refractivity contribution in [2.24, 2.45) is 0 Å². The minimum Gasteiger partial charge on any atom is -0.478 e. The first kappa shape index (κ1) is 12.1. The van der Waals surface area contributed by atoms with E-state index >= 15 is 0 Å². The summed E-state index contributed by atoms with van der Waals surface area (Å²) in [6.07, 6.45) is 0.679. The number of aromatic nitrogens is 1. The number of benzene rings is 1. The highest BCUT2D eigenvalue weighted by Gasteiger charge is 2.24. The average molecular weight is 257 g/mol. The molecule has 0 bridgehead atoms. The van der Waals surface area contributed by atoms with Crippen molar-refractivity contribution in [3.63, 3.8) is 0 Å². The summed E-state index contributed by atoms with van der Waals surface area (Å²) in [4.78, 5) is 16.3. The molecule has 0 saturated carbocycles. The Labute approximate surface area is 111 Å². The molecule has 0 radical (unpaired) electrons. The van der Waals surface area contributed by atoms with Crippen molar-refractivity contribution >= 4 is 16.9 Å². The molecular weight excluding hydrogens is 242 g/mol. The molecule has 1 aromatic carbocycles. The summed E-state index contributed by atoms with van der Waals surface area (Å²) in [6.45, 7) is 4.83. The molecule has 19 heavy (non-hydrogen) atoms. The Morgan fingerprint density at radius 3 is 2.79 bits per heavy atom. The summed E-state index contributed by atoms with van der Waals surface area (Å²) in [5, 5.41) is 10.3. The molecule has 1 aromatic heterocycles. The predicted molar refractivity (Wildman–Crippen MR) is 71.5 cm³/mol. The third kappa shape index (κ3) is 1.79. The number of pyridine rings is 1. The van der Waals surface area contributed by atoms with Crippen LogP contribution >= 0.6 is 0 Å². The quantitative estimate of drug-likeness (QED) is 0.853. The molecule has 4 heteroatoms. The Hall–Kier alpha value is -1.94. The van der Waals surface area contributed by atoms with Gasteiger partial charge in [0.05, 0.1) is 24.3 Å². The highest BCUT2D eigenvalue weighted by Crippen LogP contribution is 2.30. The van der Waals surface area contributed by atoms with E-state index in [2.05, 4.69) is 4.98 Å². The number of aryl methyl sites for hydroxylation is 2. The normalized spacial score (nSPS) is 14.4. The third-order valence-corrected chi connectivity index (χ3v) is 3.68. The lowest BCUT2D eigenvalue weighted by Crippen LogP contribution is -2.17. The van der Waals surface area contributed by atoms with Gasteiger partial charge in [-0.3, -0.25) is 4.98 Å². The summed E-state index contributed by atoms with van der Waals surface area (Å²) in [7, 11) is 0. The van der Waals surface area contributed by atoms with Crippen molar-refractivity contribution < 1.29 is 14.6 Å². The van der Waals surface area contributed by atoms with E-state index in [0.29, 0.717) is 25.2 Å². The highest BCUT2D eigenvalue weighted by molar-refractivity contribution is 6.06. The van der Waals surface area contributed by atoms with Gasteiger partial charge >= 0.3 is 5.97 Å². The van der Waals surface area contributed by atoms with Crippen molar-refractivity contribution in [2.45, 2.75) is 26.9 Å². The number of carboxylic acids is 1. The summed E-state index contributed by atoms with van der Waals surface area (Å²) < 4.78 is 5.40. The van der Waals surface area contributed by atoms with Gasteiger partial charge in [0.2, 0.25) is 0 Å². The molecule has 98 valence electrons. The van der Waals surface area contributed by atoms with Crippen molar-refractivity contribution in [2.75, 3.05) is 6.61 Å². The number of hydrogen-bond acceptors (Lipinski definition) is 3. The van der Waals surface area contributed by atoms with Crippen LogP contribution in [-0.2, 0) is 17.8 Å². The van der Waals surface area contributed by atoms with E-state index in [1.165, 1.54) is 0 Å². The minimum atomic E-state index is -0.900. The van der Waals surface area contributed by atoms with Crippen LogP contribution in [0.5, 0.6) is 0 Å². The molecule has 0 aliphatic carbocycles. The number of aromatic carboxylic acids is 1. The number of carbonyl (C=O) groups is 1. The Kier molecular flexibility index (Phi) is 2.75. The number of ether oxygens (including phenoxy) is 1. The predicted octanol–water partition coefficient (Wildman–Crippen LogP) is 2.62. The van der Waals surface area contributed by atoms with Crippen LogP contribution in [0.25, 0.3) is 10.9 Å². The maximum Gasteiger partial charge on any atom is 0.336 e. The summed E-state index contributed by atoms with van der Waals surface area (Å²) in [5.74, 6) is -0.900. The van der Waals surface area contributed by atoms with Gasteiger partial charge in [0.25, 0.3) is 0 Å². The van der Waals surface area contributed by atoms with Crippen LogP contribution in [0.3, 0.4) is 0 Å². The van der Waals surface area contributed by atoms with Crippen LogP contribution < -0.4 is 0 Å². The number of rotatable bonds is 1. The third-order valence-electron chi connectivity index (χ3n) is 3.68. The second-order valence-corrected chi connectivity index (χ2v) is 4.94. The van der Waals surface area contributed by atoms with Gasteiger partial charge in [-0.25, -0.2) is 4.79 Å². The lowest BCUT2D eigenvalue weighted by molar-refractivity contribution is 0.0683. The van der Waals surface area contributed by atoms with Crippen molar-refractivity contribution in [3.8, 4) is 0 Å². The topological polar surface area (TPSA) is 59.4 Å². The Morgan fingerprint density at radius 2 is 2.05 bits per heavy atom. The molecule has 0 atom stereocenters. The molecule has 2 heterocycles. The standard InChI is InChI=1S/C15H15NO3/c1-8-3-4-9(2)14-12(8)13(15(17)18)10-7-19-6-5-11(10)16-14/h3-4H,5-7H2,1-2H3,(H,17,18). The molecule has 3 rings (SSSR count). The molecule has 0 saturated heterocycles. The van der Waals surface area contributed by atoms with Gasteiger partial charge in [0.15, 0.2) is 0 Å². The Bertz CT molecular complexity index is 692. The van der Waals surface area contributed by atoms with Crippen LogP contribution in [0.15, 0.2) is 12.1 Å². The zero-order chi connectivity index (χ0) is 13.6. The zero-order valence-electron chi connectivity index (χ0n) is 11.0. The highest BCUT2D eigenvalue weighted by atomic mass is 16.5. The van der Waals surface area contributed by atoms with E-state index in [0.717, 1.165) is 33.3 Å². The number of carboxylic acid groups (broad SMARTS) is 1. The average Bonchev–Trinajstić information content (AvgIpc) is 2.40. The molecular formula is C15H15NO3. The molecule has 1 aliphatic rings. The first-order chi connectivity index (χ1) is 9.09. The van der Waals surface area contributed by atoms with Crippen molar-refractivity contribution in [3.05, 3.63) is 40.1 Å². The second-order valence-electron chi connectivity index (χ2n) is 4.94. The van der Waals surface area contributed by atoms with Gasteiger partial charge in [-0.05, 0) is 25.0 Å². The lowest BCUT2D eigenvalue weighted by atomic mass is 9.94. The van der Waals surface area contributed by atoms with E-state index in [1.54, 1.807) is 0 Å². The summed E-state index contributed by atoms with van der Waals surface area (Å²) >= 11 is 0. The van der Waals surface area contributed by atoms with E-state index < -0.39 is 5.97 Å². The number of fused-ring (bicyclic) bond motifs is 2. The van der Waals surface area contributed by atoms with Crippen LogP contribution in [-0.4, -0.2) is 22.7 Å². The van der Waals surface area contributed by atoms with E-state index in [1.807, 2.05) is 26.0 Å². The van der Waals surface area contributed by atoms with E-state index in [4.69, 9.17) is 4.74 Å². The molecule has 0 amide bonds. The van der Waals surface area contributed by atoms with Gasteiger partial charge < -0.3 is 9.84 Å². The van der Waals surface area contributed by atoms with E-state index in [-0.39, 0.29) is 0 Å². The summed E-state index contributed by atoms with van der Waals surface area (Å²) in [5.41, 5.74) is 4.72. The van der Waals surface area contributed by atoms with Crippen LogP contribution in [0.1, 0.15) is 32.7 Å². The van der Waals surface area contributed by atoms with Gasteiger partial charge in [-0.1, -0.05) is 12.1 Å². The van der Waals surface area contributed by atoms with Gasteiger partial charge in [-0.15, -0.1) is 0 Å². The maximum absolute atomic E-state index is 11.7. The van der Waals surface area contributed by atoms with Crippen LogP contribution in [0.2, 0.25) is 0 Å². The van der Waals surface area contributed by atoms with Crippen LogP contribution in [0, 0.1) is 13.8 Å². The largest absolute Gasteiger partial charge is 0.478 e. The van der Waals surface area contributed by atoms with Crippen LogP contribution in [0.4, 0.5) is 0 Å². The maximum atomic E-state index is 11.7. The van der Waals surface area contributed by atoms with Crippen molar-refractivity contribution in [1.82, 2.24) is 4.98 Å². The molecule has 4 nitrogen and oxygen atoms in total. The van der Waals surface area contributed by atoms with Gasteiger partial charge in [-0.2, -0.15) is 0 Å². The lowest BCUT2D eigenvalue weighted by Gasteiger charge is -2.20.